The number of nitrogens with zero attached hydrogens (tertiary/aromatic N) is 1. The zero-order chi connectivity index (χ0) is 7.98. The molecular weight excluding hydrogens is 128 g/mol. The third-order valence-corrected chi connectivity index (χ3v) is 0.816. The van der Waals surface area contributed by atoms with Crippen LogP contribution in [0, 0.1) is 11.3 Å². The minimum absolute atomic E-state index is 0.0816. The second-order valence-corrected chi connectivity index (χ2v) is 1.59. The summed E-state index contributed by atoms with van der Waals surface area (Å²) in [6.07, 6.45) is 1.53. The molecule has 0 unspecified atom stereocenters. The van der Waals surface area contributed by atoms with Gasteiger partial charge in [0.15, 0.2) is 0 Å². The number of rotatable bonds is 3. The molecule has 0 heterocycles. The maximum Gasteiger partial charge on any atom is 0.261 e. The highest BCUT2D eigenvalue weighted by Crippen LogP contribution is 1.84. The first-order valence-corrected chi connectivity index (χ1v) is 2.70. The highest BCUT2D eigenvalue weighted by atomic mass is 16.1. The van der Waals surface area contributed by atoms with E-state index in [9.17, 15) is 4.79 Å². The van der Waals surface area contributed by atoms with E-state index >= 15 is 0 Å². The van der Waals surface area contributed by atoms with Crippen molar-refractivity contribution >= 4 is 5.91 Å². The highest BCUT2D eigenvalue weighted by Gasteiger charge is 2.01. The van der Waals surface area contributed by atoms with E-state index in [1.165, 1.54) is 6.08 Å². The Labute approximate surface area is 59.7 Å². The summed E-state index contributed by atoms with van der Waals surface area (Å²) in [5, 5.41) is 10.6. The van der Waals surface area contributed by atoms with Crippen molar-refractivity contribution in [3.8, 4) is 6.07 Å². The summed E-state index contributed by atoms with van der Waals surface area (Å²) in [5.41, 5.74) is -0.0816. The van der Waals surface area contributed by atoms with Crippen LogP contribution in [0.5, 0.6) is 0 Å². The molecule has 1 N–H and O–H groups in total. The molecule has 0 atom stereocenters. The second kappa shape index (κ2) is 4.33. The third-order valence-electron chi connectivity index (χ3n) is 0.816. The number of carbonyl (C=O) groups excluding carboxylic acids is 1. The number of carbonyl (C=O) groups is 1. The van der Waals surface area contributed by atoms with E-state index < -0.39 is 5.91 Å². The summed E-state index contributed by atoms with van der Waals surface area (Å²) >= 11 is 0. The van der Waals surface area contributed by atoms with Crippen molar-refractivity contribution in [2.45, 2.75) is 0 Å². The predicted octanol–water partition coefficient (Wildman–Crippen LogP) is 0.368. The monoisotopic (exact) mass is 136 g/mol. The van der Waals surface area contributed by atoms with Crippen molar-refractivity contribution in [3.05, 3.63) is 24.8 Å². The molecule has 0 aliphatic carbocycles. The van der Waals surface area contributed by atoms with Gasteiger partial charge in [-0.1, -0.05) is 12.7 Å². The standard InChI is InChI=1S/C7H8N2O/c1-3-4-9-7(10)6(2)5-8/h3H,1-2,4H2,(H,9,10). The van der Waals surface area contributed by atoms with Gasteiger partial charge in [0.2, 0.25) is 0 Å². The van der Waals surface area contributed by atoms with Crippen molar-refractivity contribution in [3.63, 3.8) is 0 Å². The summed E-state index contributed by atoms with van der Waals surface area (Å²) in [6.45, 7) is 6.97. The van der Waals surface area contributed by atoms with Crippen molar-refractivity contribution in [1.82, 2.24) is 5.32 Å². The Morgan fingerprint density at radius 1 is 1.80 bits per heavy atom. The van der Waals surface area contributed by atoms with Gasteiger partial charge in [-0.15, -0.1) is 6.58 Å². The summed E-state index contributed by atoms with van der Waals surface area (Å²) in [5.74, 6) is -0.442. The Balaban J connectivity index is 3.76. The molecule has 3 nitrogen and oxygen atoms in total. The Morgan fingerprint density at radius 3 is 2.80 bits per heavy atom. The molecule has 1 amide bonds. The first-order valence-electron chi connectivity index (χ1n) is 2.70. The lowest BCUT2D eigenvalue weighted by Gasteiger charge is -1.96. The largest absolute Gasteiger partial charge is 0.348 e. The number of hydrogen-bond donors (Lipinski definition) is 1. The fraction of sp³-hybridized carbons (Fsp3) is 0.143. The fourth-order valence-corrected chi connectivity index (χ4v) is 0.322. The maximum absolute atomic E-state index is 10.7. The van der Waals surface area contributed by atoms with Crippen molar-refractivity contribution in [2.24, 2.45) is 0 Å². The molecule has 0 aromatic carbocycles. The minimum atomic E-state index is -0.442. The Kier molecular flexibility index (Phi) is 3.66. The van der Waals surface area contributed by atoms with E-state index in [0.29, 0.717) is 6.54 Å². The molecular formula is C7H8N2O. The minimum Gasteiger partial charge on any atom is -0.348 e. The van der Waals surface area contributed by atoms with Gasteiger partial charge in [0, 0.05) is 6.54 Å². The van der Waals surface area contributed by atoms with Crippen LogP contribution in [0.3, 0.4) is 0 Å². The van der Waals surface area contributed by atoms with Crippen LogP contribution in [-0.4, -0.2) is 12.5 Å². The number of nitriles is 1. The number of nitrogens with one attached hydrogen (secondary N) is 1. The molecule has 0 spiro atoms. The predicted molar refractivity (Wildman–Crippen MR) is 38.0 cm³/mol. The second-order valence-electron chi connectivity index (χ2n) is 1.59. The lowest BCUT2D eigenvalue weighted by atomic mass is 10.3. The van der Waals surface area contributed by atoms with Gasteiger partial charge in [0.05, 0.1) is 0 Å². The van der Waals surface area contributed by atoms with Crippen molar-refractivity contribution in [1.29, 1.82) is 5.26 Å². The van der Waals surface area contributed by atoms with Gasteiger partial charge in [-0.2, -0.15) is 5.26 Å². The Morgan fingerprint density at radius 2 is 2.40 bits per heavy atom. The van der Waals surface area contributed by atoms with Gasteiger partial charge in [-0.25, -0.2) is 0 Å². The summed E-state index contributed by atoms with van der Waals surface area (Å²) in [6, 6.07) is 1.63. The van der Waals surface area contributed by atoms with Crippen molar-refractivity contribution in [2.75, 3.05) is 6.54 Å². The average molecular weight is 136 g/mol. The van der Waals surface area contributed by atoms with E-state index in [-0.39, 0.29) is 5.57 Å². The van der Waals surface area contributed by atoms with Crippen LogP contribution in [0.4, 0.5) is 0 Å². The zero-order valence-electron chi connectivity index (χ0n) is 5.55. The maximum atomic E-state index is 10.7. The summed E-state index contributed by atoms with van der Waals surface area (Å²) in [4.78, 5) is 10.7. The van der Waals surface area contributed by atoms with Crippen molar-refractivity contribution < 1.29 is 4.79 Å². The van der Waals surface area contributed by atoms with Crippen LogP contribution < -0.4 is 5.32 Å². The molecule has 0 bridgehead atoms. The van der Waals surface area contributed by atoms with Gasteiger partial charge in [0.25, 0.3) is 5.91 Å². The lowest BCUT2D eigenvalue weighted by Crippen LogP contribution is -2.23. The smallest absolute Gasteiger partial charge is 0.261 e. The van der Waals surface area contributed by atoms with Crippen LogP contribution in [0.25, 0.3) is 0 Å². The molecule has 3 heteroatoms. The van der Waals surface area contributed by atoms with E-state index in [4.69, 9.17) is 5.26 Å². The van der Waals surface area contributed by atoms with Crippen LogP contribution >= 0.6 is 0 Å². The van der Waals surface area contributed by atoms with Crippen LogP contribution in [0.2, 0.25) is 0 Å². The lowest BCUT2D eigenvalue weighted by molar-refractivity contribution is -0.116. The molecule has 0 aromatic heterocycles. The van der Waals surface area contributed by atoms with Gasteiger partial charge < -0.3 is 5.32 Å². The van der Waals surface area contributed by atoms with Gasteiger partial charge in [0.1, 0.15) is 11.6 Å². The van der Waals surface area contributed by atoms with Gasteiger partial charge in [-0.05, 0) is 0 Å². The molecule has 0 aliphatic heterocycles. The molecule has 0 saturated carbocycles. The molecule has 0 fully saturated rings. The molecule has 52 valence electrons. The normalized spacial score (nSPS) is 7.50. The number of hydrogen-bond acceptors (Lipinski definition) is 2. The fourth-order valence-electron chi connectivity index (χ4n) is 0.322. The highest BCUT2D eigenvalue weighted by molar-refractivity contribution is 5.96. The molecule has 0 radical (unpaired) electrons. The number of amides is 1. The first kappa shape index (κ1) is 8.44. The van der Waals surface area contributed by atoms with Gasteiger partial charge in [-0.3, -0.25) is 4.79 Å². The van der Waals surface area contributed by atoms with Crippen LogP contribution in [0.1, 0.15) is 0 Å². The van der Waals surface area contributed by atoms with E-state index in [1.807, 2.05) is 0 Å². The quantitative estimate of drug-likeness (QED) is 0.346. The van der Waals surface area contributed by atoms with Crippen LogP contribution in [0.15, 0.2) is 24.8 Å². The molecule has 0 aromatic rings. The molecule has 10 heavy (non-hydrogen) atoms. The topological polar surface area (TPSA) is 52.9 Å². The van der Waals surface area contributed by atoms with E-state index in [1.54, 1.807) is 6.07 Å². The summed E-state index contributed by atoms with van der Waals surface area (Å²) in [7, 11) is 0. The van der Waals surface area contributed by atoms with Gasteiger partial charge >= 0.3 is 0 Å². The van der Waals surface area contributed by atoms with E-state index in [2.05, 4.69) is 18.5 Å². The summed E-state index contributed by atoms with van der Waals surface area (Å²) < 4.78 is 0. The third kappa shape index (κ3) is 2.68. The first-order chi connectivity index (χ1) is 4.72. The SMILES string of the molecule is C=CCNC(=O)C(=C)C#N. The molecule has 0 aliphatic rings. The molecule has 0 saturated heterocycles. The Hall–Kier alpha value is -1.56. The molecule has 0 rings (SSSR count). The Bertz CT molecular complexity index is 200. The average Bonchev–Trinajstić information content (AvgIpc) is 1.98. The zero-order valence-corrected chi connectivity index (χ0v) is 5.55. The van der Waals surface area contributed by atoms with Crippen LogP contribution in [-0.2, 0) is 4.79 Å². The van der Waals surface area contributed by atoms with E-state index in [0.717, 1.165) is 0 Å².